The van der Waals surface area contributed by atoms with Gasteiger partial charge in [-0.15, -0.1) is 10.2 Å². The van der Waals surface area contributed by atoms with Gasteiger partial charge in [-0.3, -0.25) is 20.4 Å². The number of nitrogens with zero attached hydrogens (tertiary/aromatic N) is 4. The summed E-state index contributed by atoms with van der Waals surface area (Å²) in [6.45, 7) is 3.66. The van der Waals surface area contributed by atoms with Crippen LogP contribution in [0.3, 0.4) is 0 Å². The topological polar surface area (TPSA) is 102 Å². The molecule has 2 amide bonds. The molecule has 28 heavy (non-hydrogen) atoms. The van der Waals surface area contributed by atoms with E-state index in [4.69, 9.17) is 0 Å². The Labute approximate surface area is 160 Å². The smallest absolute Gasteiger partial charge is 0.269 e. The summed E-state index contributed by atoms with van der Waals surface area (Å²) in [7, 11) is 0. The molecule has 2 N–H and O–H groups in total. The lowest BCUT2D eigenvalue weighted by atomic mass is 10.0. The molecule has 0 radical (unpaired) electrons. The number of amides is 2. The van der Waals surface area contributed by atoms with Crippen molar-refractivity contribution in [2.75, 3.05) is 0 Å². The maximum atomic E-state index is 12.9. The van der Waals surface area contributed by atoms with Gasteiger partial charge in [0.1, 0.15) is 5.82 Å². The molecular weight excluding hydrogens is 363 g/mol. The second-order valence-corrected chi connectivity index (χ2v) is 6.44. The van der Waals surface area contributed by atoms with Crippen molar-refractivity contribution in [3.8, 4) is 11.4 Å². The number of hydrazine groups is 1. The lowest BCUT2D eigenvalue weighted by Gasteiger charge is -2.19. The largest absolute Gasteiger partial charge is 0.271 e. The van der Waals surface area contributed by atoms with Crippen LogP contribution in [0.2, 0.25) is 0 Å². The molecule has 3 aromatic rings. The zero-order chi connectivity index (χ0) is 20.1. The minimum Gasteiger partial charge on any atom is -0.271 e. The highest BCUT2D eigenvalue weighted by atomic mass is 19.1. The fourth-order valence-electron chi connectivity index (χ4n) is 2.59. The fraction of sp³-hybridized carbons (Fsp3) is 0.211. The summed E-state index contributed by atoms with van der Waals surface area (Å²) in [5, 5.41) is 12.3. The molecule has 144 valence electrons. The van der Waals surface area contributed by atoms with E-state index in [0.717, 1.165) is 17.7 Å². The first-order valence-electron chi connectivity index (χ1n) is 8.66. The van der Waals surface area contributed by atoms with Crippen LogP contribution in [-0.2, 0) is 4.79 Å². The van der Waals surface area contributed by atoms with Crippen molar-refractivity contribution in [3.63, 3.8) is 0 Å². The van der Waals surface area contributed by atoms with Crippen molar-refractivity contribution >= 4 is 11.8 Å². The van der Waals surface area contributed by atoms with Gasteiger partial charge in [-0.05, 0) is 35.4 Å². The maximum absolute atomic E-state index is 12.9. The van der Waals surface area contributed by atoms with Crippen molar-refractivity contribution in [2.45, 2.75) is 19.9 Å². The summed E-state index contributed by atoms with van der Waals surface area (Å²) in [6.07, 6.45) is 0. The van der Waals surface area contributed by atoms with Crippen LogP contribution in [0.25, 0.3) is 11.4 Å². The summed E-state index contributed by atoms with van der Waals surface area (Å²) in [6, 6.07) is 13.5. The third-order valence-corrected chi connectivity index (χ3v) is 4.01. The maximum Gasteiger partial charge on any atom is 0.269 e. The Kier molecular flexibility index (Phi) is 5.73. The minimum atomic E-state index is -0.779. The van der Waals surface area contributed by atoms with E-state index in [0.29, 0.717) is 5.82 Å². The van der Waals surface area contributed by atoms with Crippen molar-refractivity contribution in [3.05, 3.63) is 66.0 Å². The molecule has 3 rings (SSSR count). The van der Waals surface area contributed by atoms with E-state index in [2.05, 4.69) is 26.3 Å². The molecule has 9 heteroatoms. The first kappa shape index (κ1) is 19.2. The van der Waals surface area contributed by atoms with E-state index in [-0.39, 0.29) is 11.5 Å². The zero-order valence-electron chi connectivity index (χ0n) is 15.3. The molecule has 0 aliphatic rings. The SMILES string of the molecule is CC(C)C(C(=O)NNC(=O)c1ccc(F)cc1)n1nnc(-c2ccccc2)n1. The van der Waals surface area contributed by atoms with Gasteiger partial charge < -0.3 is 0 Å². The number of nitrogens with one attached hydrogen (secondary N) is 2. The molecule has 0 fully saturated rings. The van der Waals surface area contributed by atoms with Crippen LogP contribution in [0.15, 0.2) is 54.6 Å². The van der Waals surface area contributed by atoms with E-state index >= 15 is 0 Å². The third-order valence-electron chi connectivity index (χ3n) is 4.01. The summed E-state index contributed by atoms with van der Waals surface area (Å²) in [4.78, 5) is 25.9. The molecule has 0 spiro atoms. The number of benzene rings is 2. The Morgan fingerprint density at radius 2 is 1.68 bits per heavy atom. The minimum absolute atomic E-state index is 0.166. The molecule has 2 aromatic carbocycles. The van der Waals surface area contributed by atoms with E-state index in [1.54, 1.807) is 0 Å². The Hall–Kier alpha value is -3.62. The van der Waals surface area contributed by atoms with Gasteiger partial charge in [0.2, 0.25) is 5.82 Å². The van der Waals surface area contributed by atoms with Gasteiger partial charge >= 0.3 is 0 Å². The van der Waals surface area contributed by atoms with Crippen LogP contribution in [0.4, 0.5) is 4.39 Å². The summed E-state index contributed by atoms with van der Waals surface area (Å²) in [5.41, 5.74) is 5.67. The predicted molar refractivity (Wildman–Crippen MR) is 99.1 cm³/mol. The number of hydrogen-bond donors (Lipinski definition) is 2. The number of carbonyl (C=O) groups excluding carboxylic acids is 2. The van der Waals surface area contributed by atoms with Gasteiger partial charge in [0.05, 0.1) is 0 Å². The highest BCUT2D eigenvalue weighted by molar-refractivity contribution is 5.95. The van der Waals surface area contributed by atoms with Gasteiger partial charge in [-0.1, -0.05) is 44.2 Å². The zero-order valence-corrected chi connectivity index (χ0v) is 15.3. The molecule has 1 atom stereocenters. The van der Waals surface area contributed by atoms with Crippen LogP contribution in [-0.4, -0.2) is 32.0 Å². The fourth-order valence-corrected chi connectivity index (χ4v) is 2.59. The number of rotatable bonds is 5. The van der Waals surface area contributed by atoms with E-state index in [1.165, 1.54) is 16.9 Å². The van der Waals surface area contributed by atoms with Crippen molar-refractivity contribution in [1.82, 2.24) is 31.1 Å². The molecule has 1 heterocycles. The monoisotopic (exact) mass is 382 g/mol. The van der Waals surface area contributed by atoms with Crippen LogP contribution in [0.1, 0.15) is 30.2 Å². The van der Waals surface area contributed by atoms with E-state index in [9.17, 15) is 14.0 Å². The van der Waals surface area contributed by atoms with Crippen LogP contribution in [0.5, 0.6) is 0 Å². The van der Waals surface area contributed by atoms with Crippen LogP contribution >= 0.6 is 0 Å². The molecule has 0 aliphatic carbocycles. The molecule has 1 unspecified atom stereocenters. The number of carbonyl (C=O) groups is 2. The highest BCUT2D eigenvalue weighted by Crippen LogP contribution is 2.18. The molecule has 8 nitrogen and oxygen atoms in total. The highest BCUT2D eigenvalue weighted by Gasteiger charge is 2.27. The Bertz CT molecular complexity index is 956. The quantitative estimate of drug-likeness (QED) is 0.658. The first-order chi connectivity index (χ1) is 13.5. The summed E-state index contributed by atoms with van der Waals surface area (Å²) < 4.78 is 12.9. The van der Waals surface area contributed by atoms with E-state index in [1.807, 2.05) is 44.2 Å². The lowest BCUT2D eigenvalue weighted by molar-refractivity contribution is -0.127. The van der Waals surface area contributed by atoms with E-state index < -0.39 is 23.7 Å². The lowest BCUT2D eigenvalue weighted by Crippen LogP contribution is -2.46. The number of aromatic nitrogens is 4. The van der Waals surface area contributed by atoms with Gasteiger partial charge in [-0.2, -0.15) is 4.80 Å². The van der Waals surface area contributed by atoms with Gasteiger partial charge in [-0.25, -0.2) is 4.39 Å². The Balaban J connectivity index is 1.70. The molecular formula is C19H19FN6O2. The van der Waals surface area contributed by atoms with Crippen LogP contribution in [0, 0.1) is 11.7 Å². The van der Waals surface area contributed by atoms with Gasteiger partial charge in [0.15, 0.2) is 6.04 Å². The number of hydrogen-bond acceptors (Lipinski definition) is 5. The average Bonchev–Trinajstić information content (AvgIpc) is 3.16. The normalized spacial score (nSPS) is 11.9. The third kappa shape index (κ3) is 4.37. The molecule has 0 saturated carbocycles. The molecule has 0 aliphatic heterocycles. The number of tetrazole rings is 1. The Morgan fingerprint density at radius 1 is 1.00 bits per heavy atom. The summed E-state index contributed by atoms with van der Waals surface area (Å²) >= 11 is 0. The molecule has 0 saturated heterocycles. The van der Waals surface area contributed by atoms with Crippen molar-refractivity contribution < 1.29 is 14.0 Å². The second-order valence-electron chi connectivity index (χ2n) is 6.44. The van der Waals surface area contributed by atoms with Crippen molar-refractivity contribution in [1.29, 1.82) is 0 Å². The average molecular weight is 382 g/mol. The molecule has 0 bridgehead atoms. The molecule has 1 aromatic heterocycles. The predicted octanol–water partition coefficient (Wildman–Crippen LogP) is 2.14. The second kappa shape index (κ2) is 8.38. The Morgan fingerprint density at radius 3 is 2.32 bits per heavy atom. The summed E-state index contributed by atoms with van der Waals surface area (Å²) in [5.74, 6) is -1.28. The van der Waals surface area contributed by atoms with Crippen molar-refractivity contribution in [2.24, 2.45) is 5.92 Å². The number of halogens is 1. The van der Waals surface area contributed by atoms with Gasteiger partial charge in [0, 0.05) is 11.1 Å². The standard InChI is InChI=1S/C19H19FN6O2/c1-12(2)16(26-24-17(21-25-26)13-6-4-3-5-7-13)19(28)23-22-18(27)14-8-10-15(20)11-9-14/h3-12,16H,1-2H3,(H,22,27)(H,23,28). The first-order valence-corrected chi connectivity index (χ1v) is 8.66. The van der Waals surface area contributed by atoms with Crippen LogP contribution < -0.4 is 10.9 Å². The van der Waals surface area contributed by atoms with Gasteiger partial charge in [0.25, 0.3) is 11.8 Å².